The molecule has 2 rings (SSSR count). The van der Waals surface area contributed by atoms with E-state index in [4.69, 9.17) is 4.74 Å². The molecule has 4 unspecified atom stereocenters. The average molecular weight is 269 g/mol. The molecular weight excluding hydrogens is 242 g/mol. The molecule has 19 heavy (non-hydrogen) atoms. The minimum Gasteiger partial charge on any atom is -0.379 e. The number of morpholine rings is 1. The van der Waals surface area contributed by atoms with Gasteiger partial charge in [-0.3, -0.25) is 4.79 Å². The number of amides is 1. The van der Waals surface area contributed by atoms with Gasteiger partial charge in [0.1, 0.15) is 0 Å². The molecule has 2 fully saturated rings. The molecule has 0 aromatic carbocycles. The summed E-state index contributed by atoms with van der Waals surface area (Å²) in [5, 5.41) is 9.93. The molecule has 0 bridgehead atoms. The molecular formula is C14H27N3O2. The molecule has 4 atom stereocenters. The second kappa shape index (κ2) is 7.22. The Balaban J connectivity index is 1.85. The van der Waals surface area contributed by atoms with E-state index in [-0.39, 0.29) is 11.9 Å². The average Bonchev–Trinajstić information content (AvgIpc) is 2.88. The lowest BCUT2D eigenvalue weighted by Gasteiger charge is -2.34. The highest BCUT2D eigenvalue weighted by Crippen LogP contribution is 2.29. The molecule has 5 heteroatoms. The summed E-state index contributed by atoms with van der Waals surface area (Å²) in [5.41, 5.74) is 0. The van der Waals surface area contributed by atoms with Gasteiger partial charge in [0, 0.05) is 25.2 Å². The summed E-state index contributed by atoms with van der Waals surface area (Å²) in [4.78, 5) is 11.8. The van der Waals surface area contributed by atoms with Crippen molar-refractivity contribution in [2.75, 3.05) is 26.3 Å². The van der Waals surface area contributed by atoms with Crippen LogP contribution < -0.4 is 16.0 Å². The van der Waals surface area contributed by atoms with E-state index in [0.29, 0.717) is 24.5 Å². The van der Waals surface area contributed by atoms with Gasteiger partial charge in [-0.2, -0.15) is 0 Å². The van der Waals surface area contributed by atoms with E-state index < -0.39 is 0 Å². The predicted octanol–water partition coefficient (Wildman–Crippen LogP) is 0.258. The number of hydrogen-bond acceptors (Lipinski definition) is 4. The highest BCUT2D eigenvalue weighted by atomic mass is 16.5. The van der Waals surface area contributed by atoms with E-state index in [2.05, 4.69) is 16.0 Å². The van der Waals surface area contributed by atoms with Crippen LogP contribution >= 0.6 is 0 Å². The van der Waals surface area contributed by atoms with E-state index in [1.54, 1.807) is 0 Å². The first kappa shape index (κ1) is 14.8. The molecule has 5 nitrogen and oxygen atoms in total. The van der Waals surface area contributed by atoms with Crippen molar-refractivity contribution >= 4 is 5.91 Å². The van der Waals surface area contributed by atoms with E-state index in [9.17, 15) is 4.79 Å². The number of carbonyl (C=O) groups excluding carboxylic acids is 1. The molecule has 1 amide bonds. The summed E-state index contributed by atoms with van der Waals surface area (Å²) in [6.45, 7) is 7.16. The summed E-state index contributed by atoms with van der Waals surface area (Å²) in [5.74, 6) is 0.679. The van der Waals surface area contributed by atoms with E-state index in [1.165, 1.54) is 12.8 Å². The molecule has 0 radical (unpaired) electrons. The zero-order valence-electron chi connectivity index (χ0n) is 12.1. The molecule has 0 aromatic heterocycles. The van der Waals surface area contributed by atoms with Crippen LogP contribution in [0.2, 0.25) is 0 Å². The van der Waals surface area contributed by atoms with Gasteiger partial charge >= 0.3 is 0 Å². The third-order valence-corrected chi connectivity index (χ3v) is 4.24. The monoisotopic (exact) mass is 269 g/mol. The normalized spacial score (nSPS) is 33.1. The number of nitrogens with one attached hydrogen (secondary N) is 3. The molecule has 1 aliphatic carbocycles. The van der Waals surface area contributed by atoms with E-state index >= 15 is 0 Å². The van der Waals surface area contributed by atoms with Crippen molar-refractivity contribution in [3.05, 3.63) is 0 Å². The molecule has 1 saturated carbocycles. The number of hydrogen-bond donors (Lipinski definition) is 3. The van der Waals surface area contributed by atoms with E-state index in [1.807, 2.05) is 13.8 Å². The van der Waals surface area contributed by atoms with Gasteiger partial charge < -0.3 is 20.7 Å². The smallest absolute Gasteiger partial charge is 0.236 e. The third-order valence-electron chi connectivity index (χ3n) is 4.24. The maximum Gasteiger partial charge on any atom is 0.236 e. The molecule has 0 aromatic rings. The highest BCUT2D eigenvalue weighted by molar-refractivity contribution is 5.81. The highest BCUT2D eigenvalue weighted by Gasteiger charge is 2.35. The van der Waals surface area contributed by atoms with Crippen LogP contribution in [0.15, 0.2) is 0 Å². The van der Waals surface area contributed by atoms with Crippen LogP contribution in [0.25, 0.3) is 0 Å². The standard InChI is InChI=1S/C14H27N3O2/c1-3-15-14(18)10(2)17-12-6-4-5-11(12)13-9-19-8-7-16-13/h10-13,16-17H,3-9H2,1-2H3,(H,15,18). The van der Waals surface area contributed by atoms with Gasteiger partial charge in [0.15, 0.2) is 0 Å². The lowest BCUT2D eigenvalue weighted by atomic mass is 9.93. The molecule has 1 heterocycles. The maximum atomic E-state index is 11.8. The predicted molar refractivity (Wildman–Crippen MR) is 75.0 cm³/mol. The van der Waals surface area contributed by atoms with Gasteiger partial charge in [0.25, 0.3) is 0 Å². The van der Waals surface area contributed by atoms with Gasteiger partial charge in [0.05, 0.1) is 19.3 Å². The summed E-state index contributed by atoms with van der Waals surface area (Å²) in [6, 6.07) is 0.752. The fourth-order valence-electron chi connectivity index (χ4n) is 3.26. The Kier molecular flexibility index (Phi) is 5.60. The minimum atomic E-state index is -0.116. The van der Waals surface area contributed by atoms with Gasteiger partial charge in [-0.05, 0) is 32.6 Å². The second-order valence-electron chi connectivity index (χ2n) is 5.62. The Bertz CT molecular complexity index is 292. The minimum absolute atomic E-state index is 0.0982. The number of likely N-dealkylation sites (N-methyl/N-ethyl adjacent to an activating group) is 1. The molecule has 1 saturated heterocycles. The van der Waals surface area contributed by atoms with Crippen molar-refractivity contribution in [2.45, 2.75) is 51.2 Å². The lowest BCUT2D eigenvalue weighted by molar-refractivity contribution is -0.122. The quantitative estimate of drug-likeness (QED) is 0.670. The fraction of sp³-hybridized carbons (Fsp3) is 0.929. The number of ether oxygens (including phenoxy) is 1. The summed E-state index contributed by atoms with van der Waals surface area (Å²) < 4.78 is 5.56. The number of carbonyl (C=O) groups is 1. The summed E-state index contributed by atoms with van der Waals surface area (Å²) >= 11 is 0. The van der Waals surface area contributed by atoms with Crippen molar-refractivity contribution in [2.24, 2.45) is 5.92 Å². The summed E-state index contributed by atoms with van der Waals surface area (Å²) in [6.07, 6.45) is 3.62. The molecule has 2 aliphatic rings. The topological polar surface area (TPSA) is 62.4 Å². The first-order chi connectivity index (χ1) is 9.22. The zero-order valence-corrected chi connectivity index (χ0v) is 12.1. The van der Waals surface area contributed by atoms with Crippen molar-refractivity contribution in [1.82, 2.24) is 16.0 Å². The van der Waals surface area contributed by atoms with Crippen LogP contribution in [0, 0.1) is 5.92 Å². The van der Waals surface area contributed by atoms with Crippen molar-refractivity contribution in [1.29, 1.82) is 0 Å². The van der Waals surface area contributed by atoms with Gasteiger partial charge in [-0.1, -0.05) is 6.42 Å². The zero-order chi connectivity index (χ0) is 13.7. The first-order valence-corrected chi connectivity index (χ1v) is 7.57. The van der Waals surface area contributed by atoms with Gasteiger partial charge in [-0.15, -0.1) is 0 Å². The lowest BCUT2D eigenvalue weighted by Crippen LogP contribution is -2.54. The first-order valence-electron chi connectivity index (χ1n) is 7.57. The molecule has 0 spiro atoms. The van der Waals surface area contributed by atoms with Crippen molar-refractivity contribution < 1.29 is 9.53 Å². The van der Waals surface area contributed by atoms with Crippen LogP contribution in [-0.2, 0) is 9.53 Å². The molecule has 110 valence electrons. The summed E-state index contributed by atoms with van der Waals surface area (Å²) in [7, 11) is 0. The third kappa shape index (κ3) is 3.91. The molecule has 3 N–H and O–H groups in total. The van der Waals surface area contributed by atoms with Crippen LogP contribution in [0.3, 0.4) is 0 Å². The maximum absolute atomic E-state index is 11.8. The van der Waals surface area contributed by atoms with Gasteiger partial charge in [0.2, 0.25) is 5.91 Å². The van der Waals surface area contributed by atoms with Crippen LogP contribution in [-0.4, -0.2) is 50.3 Å². The van der Waals surface area contributed by atoms with Crippen LogP contribution in [0.5, 0.6) is 0 Å². The molecule has 1 aliphatic heterocycles. The van der Waals surface area contributed by atoms with Crippen molar-refractivity contribution in [3.63, 3.8) is 0 Å². The SMILES string of the molecule is CCNC(=O)C(C)NC1CCCC1C1COCCN1. The van der Waals surface area contributed by atoms with Crippen molar-refractivity contribution in [3.8, 4) is 0 Å². The van der Waals surface area contributed by atoms with Gasteiger partial charge in [-0.25, -0.2) is 0 Å². The Morgan fingerprint density at radius 1 is 1.47 bits per heavy atom. The van der Waals surface area contributed by atoms with E-state index in [0.717, 1.165) is 26.2 Å². The Morgan fingerprint density at radius 2 is 2.32 bits per heavy atom. The Labute approximate surface area is 115 Å². The number of rotatable bonds is 5. The van der Waals surface area contributed by atoms with Crippen LogP contribution in [0.4, 0.5) is 0 Å². The second-order valence-corrected chi connectivity index (χ2v) is 5.62. The largest absolute Gasteiger partial charge is 0.379 e. The van der Waals surface area contributed by atoms with Crippen LogP contribution in [0.1, 0.15) is 33.1 Å². The Morgan fingerprint density at radius 3 is 3.00 bits per heavy atom. The Hall–Kier alpha value is -0.650. The fourth-order valence-corrected chi connectivity index (χ4v) is 3.26.